The predicted molar refractivity (Wildman–Crippen MR) is 91.1 cm³/mol. The van der Waals surface area contributed by atoms with Gasteiger partial charge in [-0.25, -0.2) is 4.57 Å². The van der Waals surface area contributed by atoms with Gasteiger partial charge in [-0.1, -0.05) is 0 Å². The molecule has 0 aromatic rings. The lowest BCUT2D eigenvalue weighted by molar-refractivity contribution is -0.286. The lowest BCUT2D eigenvalue weighted by atomic mass is 9.97. The number of carbonyl (C=O) groups excluding carboxylic acids is 1. The van der Waals surface area contributed by atoms with E-state index in [0.29, 0.717) is 0 Å². The number of nitrogens with one attached hydrogen (secondary N) is 1. The SMILES string of the molecule is CC(=O)N[C@H]1[C@@H](OP(=O)(O)OC[C@H]2O[C@H](O)[C@@H](O)[C@@H](O)[C@@H]2O)O[C@H](CO)[C@@H](O)[C@@H]1O. The number of hydrogen-bond donors (Lipinski definition) is 9. The molecule has 2 saturated heterocycles. The normalized spacial score (nSPS) is 44.3. The molecule has 9 N–H and O–H groups in total. The molecule has 11 atom stereocenters. The second-order valence-electron chi connectivity index (χ2n) is 6.84. The molecule has 0 radical (unpaired) electrons. The molecule has 0 aromatic heterocycles. The number of phosphoric acid groups is 1. The van der Waals surface area contributed by atoms with E-state index >= 15 is 0 Å². The number of aliphatic hydroxyl groups is 7. The van der Waals surface area contributed by atoms with Crippen LogP contribution in [0.2, 0.25) is 0 Å². The van der Waals surface area contributed by atoms with Crippen LogP contribution in [0.5, 0.6) is 0 Å². The lowest BCUT2D eigenvalue weighted by Crippen LogP contribution is -2.64. The van der Waals surface area contributed by atoms with Gasteiger partial charge >= 0.3 is 7.82 Å². The molecule has 0 bridgehead atoms. The third-order valence-corrected chi connectivity index (χ3v) is 5.53. The maximum absolute atomic E-state index is 12.3. The first-order valence-electron chi connectivity index (χ1n) is 8.81. The van der Waals surface area contributed by atoms with Crippen LogP contribution in [-0.4, -0.2) is 121 Å². The highest BCUT2D eigenvalue weighted by molar-refractivity contribution is 7.47. The zero-order chi connectivity index (χ0) is 22.8. The lowest BCUT2D eigenvalue weighted by Gasteiger charge is -2.42. The monoisotopic (exact) mass is 463 g/mol. The topological polar surface area (TPSA) is 245 Å². The highest BCUT2D eigenvalue weighted by atomic mass is 31.2. The van der Waals surface area contributed by atoms with Gasteiger partial charge in [0.1, 0.15) is 48.8 Å². The van der Waals surface area contributed by atoms with E-state index in [4.69, 9.17) is 14.0 Å². The second kappa shape index (κ2) is 10.2. The highest BCUT2D eigenvalue weighted by Gasteiger charge is 2.49. The van der Waals surface area contributed by atoms with Gasteiger partial charge in [0.2, 0.25) is 5.91 Å². The van der Waals surface area contributed by atoms with Gasteiger partial charge in [-0.15, -0.1) is 0 Å². The van der Waals surface area contributed by atoms with E-state index in [9.17, 15) is 50.0 Å². The molecule has 2 fully saturated rings. The number of phosphoric ester groups is 1. The quantitative estimate of drug-likeness (QED) is 0.160. The molecule has 1 amide bonds. The van der Waals surface area contributed by atoms with Crippen molar-refractivity contribution in [2.45, 2.75) is 68.3 Å². The van der Waals surface area contributed by atoms with Crippen LogP contribution in [0, 0.1) is 0 Å². The van der Waals surface area contributed by atoms with Crippen LogP contribution in [0.25, 0.3) is 0 Å². The number of hydrogen-bond acceptors (Lipinski definition) is 13. The third-order valence-electron chi connectivity index (χ3n) is 4.58. The van der Waals surface area contributed by atoms with Crippen LogP contribution in [-0.2, 0) is 27.9 Å². The number of aliphatic hydroxyl groups excluding tert-OH is 7. The fourth-order valence-electron chi connectivity index (χ4n) is 2.96. The summed E-state index contributed by atoms with van der Waals surface area (Å²) in [6.07, 6.45) is -15.5. The maximum Gasteiger partial charge on any atom is 0.474 e. The maximum atomic E-state index is 12.3. The largest absolute Gasteiger partial charge is 0.474 e. The van der Waals surface area contributed by atoms with Crippen molar-refractivity contribution >= 4 is 13.7 Å². The predicted octanol–water partition coefficient (Wildman–Crippen LogP) is -5.14. The molecule has 2 rings (SSSR count). The highest BCUT2D eigenvalue weighted by Crippen LogP contribution is 2.47. The Hall–Kier alpha value is -0.780. The van der Waals surface area contributed by atoms with Crippen molar-refractivity contribution in [3.05, 3.63) is 0 Å². The van der Waals surface area contributed by atoms with Crippen molar-refractivity contribution < 1.29 is 68.5 Å². The second-order valence-corrected chi connectivity index (χ2v) is 8.25. The van der Waals surface area contributed by atoms with E-state index in [0.717, 1.165) is 6.92 Å². The zero-order valence-electron chi connectivity index (χ0n) is 15.7. The summed E-state index contributed by atoms with van der Waals surface area (Å²) in [7, 11) is -5.04. The Bertz CT molecular complexity index is 638. The Labute approximate surface area is 170 Å². The molecule has 0 spiro atoms. The molecule has 0 aromatic carbocycles. The third kappa shape index (κ3) is 5.92. The molecule has 0 aliphatic carbocycles. The number of ether oxygens (including phenoxy) is 2. The van der Waals surface area contributed by atoms with Crippen molar-refractivity contribution in [2.24, 2.45) is 0 Å². The Balaban J connectivity index is 2.05. The molecule has 176 valence electrons. The summed E-state index contributed by atoms with van der Waals surface area (Å²) >= 11 is 0. The Morgan fingerprint density at radius 3 is 2.13 bits per heavy atom. The summed E-state index contributed by atoms with van der Waals surface area (Å²) < 4.78 is 31.7. The van der Waals surface area contributed by atoms with E-state index in [1.54, 1.807) is 0 Å². The van der Waals surface area contributed by atoms with Gasteiger partial charge in [0.25, 0.3) is 0 Å². The Kier molecular flexibility index (Phi) is 8.68. The zero-order valence-corrected chi connectivity index (χ0v) is 16.6. The van der Waals surface area contributed by atoms with Crippen LogP contribution < -0.4 is 5.32 Å². The van der Waals surface area contributed by atoms with Gasteiger partial charge in [0.15, 0.2) is 12.6 Å². The van der Waals surface area contributed by atoms with Crippen LogP contribution in [0.3, 0.4) is 0 Å². The van der Waals surface area contributed by atoms with Gasteiger partial charge in [-0.3, -0.25) is 13.8 Å². The van der Waals surface area contributed by atoms with E-state index in [1.165, 1.54) is 0 Å². The van der Waals surface area contributed by atoms with Crippen molar-refractivity contribution in [3.63, 3.8) is 0 Å². The van der Waals surface area contributed by atoms with Gasteiger partial charge in [-0.2, -0.15) is 0 Å². The summed E-state index contributed by atoms with van der Waals surface area (Å²) in [5.41, 5.74) is 0. The average molecular weight is 463 g/mol. The van der Waals surface area contributed by atoms with Crippen LogP contribution in [0.4, 0.5) is 0 Å². The van der Waals surface area contributed by atoms with Crippen molar-refractivity contribution in [1.29, 1.82) is 0 Å². The molecular formula is C14H26NO14P. The Morgan fingerprint density at radius 2 is 1.57 bits per heavy atom. The van der Waals surface area contributed by atoms with Crippen molar-refractivity contribution in [2.75, 3.05) is 13.2 Å². The fraction of sp³-hybridized carbons (Fsp3) is 0.929. The molecule has 2 aliphatic rings. The molecule has 1 unspecified atom stereocenters. The van der Waals surface area contributed by atoms with Gasteiger partial charge < -0.3 is 55.4 Å². The van der Waals surface area contributed by atoms with E-state index in [2.05, 4.69) is 9.84 Å². The number of carbonyl (C=O) groups is 1. The minimum atomic E-state index is -5.04. The summed E-state index contributed by atoms with van der Waals surface area (Å²) in [5.74, 6) is -0.695. The van der Waals surface area contributed by atoms with Crippen LogP contribution in [0.1, 0.15) is 6.92 Å². The molecule has 2 heterocycles. The smallest absolute Gasteiger partial charge is 0.394 e. The summed E-state index contributed by atoms with van der Waals surface area (Å²) in [5, 5.41) is 69.7. The van der Waals surface area contributed by atoms with Gasteiger partial charge in [0.05, 0.1) is 13.2 Å². The first-order chi connectivity index (χ1) is 13.9. The van der Waals surface area contributed by atoms with E-state index in [1.807, 2.05) is 0 Å². The van der Waals surface area contributed by atoms with Crippen LogP contribution in [0.15, 0.2) is 0 Å². The average Bonchev–Trinajstić information content (AvgIpc) is 2.67. The molecule has 15 nitrogen and oxygen atoms in total. The fourth-order valence-corrected chi connectivity index (χ4v) is 3.80. The number of rotatable bonds is 7. The molecule has 0 saturated carbocycles. The van der Waals surface area contributed by atoms with Gasteiger partial charge in [0, 0.05) is 6.92 Å². The van der Waals surface area contributed by atoms with Crippen molar-refractivity contribution in [3.8, 4) is 0 Å². The molecular weight excluding hydrogens is 437 g/mol. The molecule has 16 heteroatoms. The number of amides is 1. The summed E-state index contributed by atoms with van der Waals surface area (Å²) in [6, 6.07) is -1.51. The Morgan fingerprint density at radius 1 is 0.967 bits per heavy atom. The first kappa shape index (κ1) is 25.5. The standard InChI is InChI=1S/C14H26NO14P/c1-4(17)15-7-10(20)8(18)5(2-16)28-14(7)29-30(24,25)26-3-6-9(19)11(21)12(22)13(23)27-6/h5-14,16,18-23H,2-3H2,1H3,(H,15,17)(H,24,25)/t5-,6-,7-,8-,9-,10-,11+,12+,13+,14-/m1/s1. The summed E-state index contributed by atoms with van der Waals surface area (Å²) in [6.45, 7) is -0.611. The van der Waals surface area contributed by atoms with Gasteiger partial charge in [-0.05, 0) is 0 Å². The molecule has 30 heavy (non-hydrogen) atoms. The van der Waals surface area contributed by atoms with E-state index < -0.39 is 88.3 Å². The minimum Gasteiger partial charge on any atom is -0.394 e. The van der Waals surface area contributed by atoms with Crippen molar-refractivity contribution in [1.82, 2.24) is 5.32 Å². The first-order valence-corrected chi connectivity index (χ1v) is 10.3. The minimum absolute atomic E-state index is 0.695. The summed E-state index contributed by atoms with van der Waals surface area (Å²) in [4.78, 5) is 21.3. The molecule has 2 aliphatic heterocycles. The van der Waals surface area contributed by atoms with Crippen LogP contribution >= 0.6 is 7.82 Å². The van der Waals surface area contributed by atoms with E-state index in [-0.39, 0.29) is 0 Å².